The third kappa shape index (κ3) is 5.55. The molecule has 4 heteroatoms. The van der Waals surface area contributed by atoms with Crippen molar-refractivity contribution in [1.29, 1.82) is 0 Å². The minimum atomic E-state index is -0.144. The predicted molar refractivity (Wildman–Crippen MR) is 74.5 cm³/mol. The summed E-state index contributed by atoms with van der Waals surface area (Å²) in [6, 6.07) is 6.99. The molecule has 1 aromatic carbocycles. The fourth-order valence-corrected chi connectivity index (χ4v) is 1.78. The van der Waals surface area contributed by atoms with Gasteiger partial charge < -0.3 is 10.1 Å². The summed E-state index contributed by atoms with van der Waals surface area (Å²) < 4.78 is 5.37. The average molecular weight is 263 g/mol. The number of rotatable bonds is 7. The van der Waals surface area contributed by atoms with Crippen molar-refractivity contribution in [2.75, 3.05) is 6.61 Å². The summed E-state index contributed by atoms with van der Waals surface area (Å²) in [5, 5.41) is 2.86. The molecule has 0 aliphatic carbocycles. The standard InChI is InChI=1S/C15H21NO3/c1-4-6-11(2)16-15(18)10-19-14-8-5-7-13(9-14)12(3)17/h5,7-9,11H,4,6,10H2,1-3H3,(H,16,18). The lowest BCUT2D eigenvalue weighted by atomic mass is 10.1. The molecule has 1 atom stereocenters. The zero-order chi connectivity index (χ0) is 14.3. The van der Waals surface area contributed by atoms with Crippen LogP contribution in [0.5, 0.6) is 5.75 Å². The molecule has 0 spiro atoms. The van der Waals surface area contributed by atoms with Crippen LogP contribution in [0.15, 0.2) is 24.3 Å². The summed E-state index contributed by atoms with van der Waals surface area (Å²) in [7, 11) is 0. The molecule has 0 bridgehead atoms. The number of hydrogen-bond acceptors (Lipinski definition) is 3. The van der Waals surface area contributed by atoms with Crippen LogP contribution in [0.3, 0.4) is 0 Å². The molecule has 104 valence electrons. The predicted octanol–water partition coefficient (Wildman–Crippen LogP) is 2.57. The van der Waals surface area contributed by atoms with Crippen LogP contribution >= 0.6 is 0 Å². The molecular weight excluding hydrogens is 242 g/mol. The van der Waals surface area contributed by atoms with E-state index in [2.05, 4.69) is 12.2 Å². The Balaban J connectivity index is 2.46. The average Bonchev–Trinajstić information content (AvgIpc) is 2.37. The molecule has 0 aliphatic rings. The fraction of sp³-hybridized carbons (Fsp3) is 0.467. The number of ether oxygens (including phenoxy) is 1. The molecule has 0 fully saturated rings. The van der Waals surface area contributed by atoms with Crippen LogP contribution in [-0.2, 0) is 4.79 Å². The van der Waals surface area contributed by atoms with E-state index in [1.807, 2.05) is 6.92 Å². The van der Waals surface area contributed by atoms with Crippen molar-refractivity contribution in [1.82, 2.24) is 5.32 Å². The van der Waals surface area contributed by atoms with Gasteiger partial charge in [-0.2, -0.15) is 0 Å². The molecule has 0 heterocycles. The number of nitrogens with one attached hydrogen (secondary N) is 1. The van der Waals surface area contributed by atoms with Crippen LogP contribution < -0.4 is 10.1 Å². The Kier molecular flexibility index (Phi) is 6.06. The highest BCUT2D eigenvalue weighted by molar-refractivity contribution is 5.94. The number of benzene rings is 1. The zero-order valence-corrected chi connectivity index (χ0v) is 11.7. The number of hydrogen-bond donors (Lipinski definition) is 1. The molecule has 0 saturated heterocycles. The molecular formula is C15H21NO3. The largest absolute Gasteiger partial charge is 0.484 e. The summed E-state index contributed by atoms with van der Waals surface area (Å²) >= 11 is 0. The molecule has 1 N–H and O–H groups in total. The second-order valence-electron chi connectivity index (χ2n) is 4.63. The number of amides is 1. The van der Waals surface area contributed by atoms with Crippen molar-refractivity contribution in [3.63, 3.8) is 0 Å². The molecule has 0 saturated carbocycles. The van der Waals surface area contributed by atoms with Crippen molar-refractivity contribution in [3.05, 3.63) is 29.8 Å². The number of carbonyl (C=O) groups is 2. The maximum absolute atomic E-state index is 11.6. The Morgan fingerprint density at radius 2 is 2.11 bits per heavy atom. The molecule has 4 nitrogen and oxygen atoms in total. The van der Waals surface area contributed by atoms with Gasteiger partial charge in [-0.25, -0.2) is 0 Å². The smallest absolute Gasteiger partial charge is 0.258 e. The number of carbonyl (C=O) groups excluding carboxylic acids is 2. The summed E-state index contributed by atoms with van der Waals surface area (Å²) in [6.07, 6.45) is 1.98. The summed E-state index contributed by atoms with van der Waals surface area (Å²) in [4.78, 5) is 22.8. The highest BCUT2D eigenvalue weighted by Gasteiger charge is 2.08. The van der Waals surface area contributed by atoms with Crippen LogP contribution in [-0.4, -0.2) is 24.3 Å². The van der Waals surface area contributed by atoms with Gasteiger partial charge in [0.15, 0.2) is 12.4 Å². The van der Waals surface area contributed by atoms with E-state index in [0.29, 0.717) is 11.3 Å². The van der Waals surface area contributed by atoms with Gasteiger partial charge in [-0.05, 0) is 32.4 Å². The second-order valence-corrected chi connectivity index (χ2v) is 4.63. The zero-order valence-electron chi connectivity index (χ0n) is 11.7. The van der Waals surface area contributed by atoms with E-state index < -0.39 is 0 Å². The first-order valence-electron chi connectivity index (χ1n) is 6.56. The molecule has 19 heavy (non-hydrogen) atoms. The Morgan fingerprint density at radius 3 is 2.74 bits per heavy atom. The number of ketones is 1. The third-order valence-electron chi connectivity index (χ3n) is 2.74. The van der Waals surface area contributed by atoms with Crippen molar-refractivity contribution >= 4 is 11.7 Å². The Morgan fingerprint density at radius 1 is 1.37 bits per heavy atom. The summed E-state index contributed by atoms with van der Waals surface area (Å²) in [5.74, 6) is 0.367. The van der Waals surface area contributed by atoms with Gasteiger partial charge in [0, 0.05) is 11.6 Å². The van der Waals surface area contributed by atoms with Crippen molar-refractivity contribution in [2.45, 2.75) is 39.7 Å². The van der Waals surface area contributed by atoms with Crippen molar-refractivity contribution in [3.8, 4) is 5.75 Å². The Hall–Kier alpha value is -1.84. The van der Waals surface area contributed by atoms with Gasteiger partial charge in [0.05, 0.1) is 0 Å². The first-order valence-corrected chi connectivity index (χ1v) is 6.56. The van der Waals surface area contributed by atoms with Crippen LogP contribution in [0.4, 0.5) is 0 Å². The topological polar surface area (TPSA) is 55.4 Å². The minimum Gasteiger partial charge on any atom is -0.484 e. The van der Waals surface area contributed by atoms with Crippen LogP contribution in [0.1, 0.15) is 44.0 Å². The van der Waals surface area contributed by atoms with E-state index in [4.69, 9.17) is 4.74 Å². The van der Waals surface area contributed by atoms with Crippen LogP contribution in [0, 0.1) is 0 Å². The Labute approximate surface area is 114 Å². The molecule has 0 aliphatic heterocycles. The summed E-state index contributed by atoms with van der Waals surface area (Å²) in [6.45, 7) is 5.51. The van der Waals surface area contributed by atoms with Gasteiger partial charge in [-0.3, -0.25) is 9.59 Å². The van der Waals surface area contributed by atoms with E-state index in [1.165, 1.54) is 6.92 Å². The van der Waals surface area contributed by atoms with Crippen LogP contribution in [0.25, 0.3) is 0 Å². The maximum atomic E-state index is 11.6. The van der Waals surface area contributed by atoms with Gasteiger partial charge in [-0.15, -0.1) is 0 Å². The quantitative estimate of drug-likeness (QED) is 0.769. The lowest BCUT2D eigenvalue weighted by Gasteiger charge is -2.13. The molecule has 0 aromatic heterocycles. The fourth-order valence-electron chi connectivity index (χ4n) is 1.78. The molecule has 1 amide bonds. The van der Waals surface area contributed by atoms with E-state index >= 15 is 0 Å². The lowest BCUT2D eigenvalue weighted by Crippen LogP contribution is -2.35. The van der Waals surface area contributed by atoms with E-state index in [1.54, 1.807) is 24.3 Å². The van der Waals surface area contributed by atoms with Gasteiger partial charge in [0.1, 0.15) is 5.75 Å². The highest BCUT2D eigenvalue weighted by Crippen LogP contribution is 2.13. The van der Waals surface area contributed by atoms with Gasteiger partial charge in [0.25, 0.3) is 5.91 Å². The second kappa shape index (κ2) is 7.56. The maximum Gasteiger partial charge on any atom is 0.258 e. The van der Waals surface area contributed by atoms with Crippen LogP contribution in [0.2, 0.25) is 0 Å². The van der Waals surface area contributed by atoms with Gasteiger partial charge in [-0.1, -0.05) is 25.5 Å². The van der Waals surface area contributed by atoms with Gasteiger partial charge >= 0.3 is 0 Å². The van der Waals surface area contributed by atoms with Crippen molar-refractivity contribution < 1.29 is 14.3 Å². The molecule has 1 unspecified atom stereocenters. The Bertz CT molecular complexity index is 443. The van der Waals surface area contributed by atoms with E-state index in [0.717, 1.165) is 12.8 Å². The highest BCUT2D eigenvalue weighted by atomic mass is 16.5. The van der Waals surface area contributed by atoms with E-state index in [-0.39, 0.29) is 24.3 Å². The first-order chi connectivity index (χ1) is 9.02. The third-order valence-corrected chi connectivity index (χ3v) is 2.74. The van der Waals surface area contributed by atoms with Gasteiger partial charge in [0.2, 0.25) is 0 Å². The lowest BCUT2D eigenvalue weighted by molar-refractivity contribution is -0.123. The summed E-state index contributed by atoms with van der Waals surface area (Å²) in [5.41, 5.74) is 0.581. The SMILES string of the molecule is CCCC(C)NC(=O)COc1cccc(C(C)=O)c1. The van der Waals surface area contributed by atoms with Crippen molar-refractivity contribution in [2.24, 2.45) is 0 Å². The molecule has 1 rings (SSSR count). The monoisotopic (exact) mass is 263 g/mol. The molecule has 1 aromatic rings. The number of Topliss-reactive ketones (excluding diaryl/α,β-unsaturated/α-hetero) is 1. The minimum absolute atomic E-state index is 0.0218. The normalized spacial score (nSPS) is 11.7. The molecule has 0 radical (unpaired) electrons. The van der Waals surface area contributed by atoms with E-state index in [9.17, 15) is 9.59 Å². The first kappa shape index (κ1) is 15.2.